The van der Waals surface area contributed by atoms with Crippen molar-refractivity contribution in [1.82, 2.24) is 4.57 Å². The normalized spacial score (nSPS) is 10.4. The number of carbonyl (C=O) groups excluding carboxylic acids is 1. The number of fused-ring (bicyclic) bond motifs is 1. The lowest BCUT2D eigenvalue weighted by atomic mass is 10.2. The number of aldehydes is 1. The Labute approximate surface area is 81.9 Å². The Bertz CT molecular complexity index is 485. The van der Waals surface area contributed by atoms with Gasteiger partial charge in [-0.3, -0.25) is 4.79 Å². The van der Waals surface area contributed by atoms with Crippen LogP contribution in [0.25, 0.3) is 10.9 Å². The number of benzene rings is 1. The molecule has 3 nitrogen and oxygen atoms in total. The first-order valence-corrected chi connectivity index (χ1v) is 4.35. The summed E-state index contributed by atoms with van der Waals surface area (Å²) in [6, 6.07) is 7.60. The van der Waals surface area contributed by atoms with E-state index in [1.165, 1.54) is 0 Å². The van der Waals surface area contributed by atoms with Crippen LogP contribution >= 0.6 is 0 Å². The van der Waals surface area contributed by atoms with Gasteiger partial charge in [0, 0.05) is 18.0 Å². The lowest BCUT2D eigenvalue weighted by Gasteiger charge is -2.00. The highest BCUT2D eigenvalue weighted by Crippen LogP contribution is 2.22. The lowest BCUT2D eigenvalue weighted by molar-refractivity contribution is 0.111. The van der Waals surface area contributed by atoms with Crippen LogP contribution in [0.15, 0.2) is 24.3 Å². The predicted molar refractivity (Wildman–Crippen MR) is 54.9 cm³/mol. The molecule has 0 aliphatic carbocycles. The van der Waals surface area contributed by atoms with Crippen LogP contribution in [0, 0.1) is 0 Å². The molecule has 0 atom stereocenters. The van der Waals surface area contributed by atoms with Gasteiger partial charge in [0.1, 0.15) is 5.75 Å². The van der Waals surface area contributed by atoms with E-state index < -0.39 is 0 Å². The van der Waals surface area contributed by atoms with Gasteiger partial charge in [-0.1, -0.05) is 0 Å². The third-order valence-electron chi connectivity index (χ3n) is 2.41. The summed E-state index contributed by atoms with van der Waals surface area (Å²) in [4.78, 5) is 10.7. The summed E-state index contributed by atoms with van der Waals surface area (Å²) < 4.78 is 6.97. The molecule has 0 aliphatic rings. The molecule has 0 bridgehead atoms. The van der Waals surface area contributed by atoms with Crippen LogP contribution in [0.4, 0.5) is 0 Å². The second kappa shape index (κ2) is 3.18. The smallest absolute Gasteiger partial charge is 0.166 e. The average Bonchev–Trinajstić information content (AvgIpc) is 2.55. The van der Waals surface area contributed by atoms with Gasteiger partial charge in [-0.2, -0.15) is 0 Å². The molecule has 0 N–H and O–H groups in total. The van der Waals surface area contributed by atoms with Crippen LogP contribution < -0.4 is 4.74 Å². The van der Waals surface area contributed by atoms with Crippen molar-refractivity contribution in [1.29, 1.82) is 0 Å². The van der Waals surface area contributed by atoms with Gasteiger partial charge in [0.25, 0.3) is 0 Å². The van der Waals surface area contributed by atoms with E-state index in [1.54, 1.807) is 7.11 Å². The number of rotatable bonds is 2. The quantitative estimate of drug-likeness (QED) is 0.676. The van der Waals surface area contributed by atoms with E-state index in [2.05, 4.69) is 0 Å². The molecule has 0 spiro atoms. The van der Waals surface area contributed by atoms with Crippen molar-refractivity contribution >= 4 is 17.2 Å². The molecule has 2 aromatic rings. The van der Waals surface area contributed by atoms with E-state index in [9.17, 15) is 4.79 Å². The van der Waals surface area contributed by atoms with Gasteiger partial charge in [0.05, 0.1) is 12.8 Å². The number of hydrogen-bond donors (Lipinski definition) is 0. The summed E-state index contributed by atoms with van der Waals surface area (Å²) >= 11 is 0. The molecule has 2 rings (SSSR count). The first kappa shape index (κ1) is 8.81. The maximum absolute atomic E-state index is 10.7. The van der Waals surface area contributed by atoms with Gasteiger partial charge in [-0.15, -0.1) is 0 Å². The highest BCUT2D eigenvalue weighted by molar-refractivity contribution is 5.89. The first-order chi connectivity index (χ1) is 6.76. The monoisotopic (exact) mass is 189 g/mol. The van der Waals surface area contributed by atoms with Crippen molar-refractivity contribution in [2.24, 2.45) is 7.05 Å². The number of methoxy groups -OCH3 is 1. The van der Waals surface area contributed by atoms with Gasteiger partial charge < -0.3 is 9.30 Å². The standard InChI is InChI=1S/C11H11NO2/c1-12-9(7-13)5-8-6-10(14-2)3-4-11(8)12/h3-7H,1-2H3. The second-order valence-electron chi connectivity index (χ2n) is 3.17. The molecule has 14 heavy (non-hydrogen) atoms. The van der Waals surface area contributed by atoms with E-state index >= 15 is 0 Å². The van der Waals surface area contributed by atoms with Crippen molar-refractivity contribution < 1.29 is 9.53 Å². The number of aromatic nitrogens is 1. The van der Waals surface area contributed by atoms with Gasteiger partial charge >= 0.3 is 0 Å². The minimum atomic E-state index is 0.674. The Morgan fingerprint density at radius 3 is 2.79 bits per heavy atom. The summed E-state index contributed by atoms with van der Waals surface area (Å²) in [5.41, 5.74) is 1.71. The van der Waals surface area contributed by atoms with Gasteiger partial charge in [-0.25, -0.2) is 0 Å². The van der Waals surface area contributed by atoms with Crippen LogP contribution in [-0.2, 0) is 7.05 Å². The summed E-state index contributed by atoms with van der Waals surface area (Å²) in [6.45, 7) is 0. The van der Waals surface area contributed by atoms with E-state index in [-0.39, 0.29) is 0 Å². The van der Waals surface area contributed by atoms with Crippen molar-refractivity contribution in [2.45, 2.75) is 0 Å². The van der Waals surface area contributed by atoms with Crippen molar-refractivity contribution in [2.75, 3.05) is 7.11 Å². The lowest BCUT2D eigenvalue weighted by Crippen LogP contribution is -1.92. The zero-order chi connectivity index (χ0) is 10.1. The molecular weight excluding hydrogens is 178 g/mol. The number of hydrogen-bond acceptors (Lipinski definition) is 2. The Balaban J connectivity index is 2.72. The SMILES string of the molecule is COc1ccc2c(c1)cc(C=O)n2C. The average molecular weight is 189 g/mol. The highest BCUT2D eigenvalue weighted by atomic mass is 16.5. The summed E-state index contributed by atoms with van der Waals surface area (Å²) in [6.07, 6.45) is 0.854. The topological polar surface area (TPSA) is 31.2 Å². The molecule has 0 amide bonds. The van der Waals surface area contributed by atoms with Crippen molar-refractivity contribution in [3.8, 4) is 5.75 Å². The molecule has 0 saturated carbocycles. The van der Waals surface area contributed by atoms with Gasteiger partial charge in [-0.05, 0) is 24.3 Å². The third kappa shape index (κ3) is 1.18. The van der Waals surface area contributed by atoms with Crippen LogP contribution in [0.5, 0.6) is 5.75 Å². The minimum absolute atomic E-state index is 0.674. The van der Waals surface area contributed by atoms with E-state index in [4.69, 9.17) is 4.74 Å². The fourth-order valence-corrected chi connectivity index (χ4v) is 1.59. The molecular formula is C11H11NO2. The summed E-state index contributed by atoms with van der Waals surface area (Å²) in [7, 11) is 3.50. The number of ether oxygens (including phenoxy) is 1. The molecule has 1 aromatic heterocycles. The zero-order valence-corrected chi connectivity index (χ0v) is 8.15. The Morgan fingerprint density at radius 2 is 2.14 bits per heavy atom. The largest absolute Gasteiger partial charge is 0.497 e. The van der Waals surface area contributed by atoms with Crippen molar-refractivity contribution in [3.63, 3.8) is 0 Å². The maximum atomic E-state index is 10.7. The predicted octanol–water partition coefficient (Wildman–Crippen LogP) is 2.00. The van der Waals surface area contributed by atoms with E-state index in [0.717, 1.165) is 22.9 Å². The zero-order valence-electron chi connectivity index (χ0n) is 8.15. The molecule has 3 heteroatoms. The molecule has 0 aliphatic heterocycles. The maximum Gasteiger partial charge on any atom is 0.166 e. The Morgan fingerprint density at radius 1 is 1.36 bits per heavy atom. The molecule has 0 unspecified atom stereocenters. The summed E-state index contributed by atoms with van der Waals surface area (Å²) in [5.74, 6) is 0.806. The van der Waals surface area contributed by atoms with Crippen LogP contribution in [-0.4, -0.2) is 18.0 Å². The molecule has 1 aromatic carbocycles. The fraction of sp³-hybridized carbons (Fsp3) is 0.182. The van der Waals surface area contributed by atoms with Crippen molar-refractivity contribution in [3.05, 3.63) is 30.0 Å². The first-order valence-electron chi connectivity index (χ1n) is 4.35. The Kier molecular flexibility index (Phi) is 2.00. The third-order valence-corrected chi connectivity index (χ3v) is 2.41. The second-order valence-corrected chi connectivity index (χ2v) is 3.17. The van der Waals surface area contributed by atoms with Crippen LogP contribution in [0.2, 0.25) is 0 Å². The minimum Gasteiger partial charge on any atom is -0.497 e. The molecule has 0 radical (unpaired) electrons. The summed E-state index contributed by atoms with van der Waals surface area (Å²) in [5, 5.41) is 1.02. The van der Waals surface area contributed by atoms with E-state index in [0.29, 0.717) is 5.69 Å². The van der Waals surface area contributed by atoms with E-state index in [1.807, 2.05) is 35.9 Å². The van der Waals surface area contributed by atoms with Crippen LogP contribution in [0.1, 0.15) is 10.5 Å². The molecule has 72 valence electrons. The molecule has 0 saturated heterocycles. The molecule has 0 fully saturated rings. The number of carbonyl (C=O) groups is 1. The number of aryl methyl sites for hydroxylation is 1. The van der Waals surface area contributed by atoms with Gasteiger partial charge in [0.15, 0.2) is 6.29 Å². The van der Waals surface area contributed by atoms with Gasteiger partial charge in [0.2, 0.25) is 0 Å². The Hall–Kier alpha value is -1.77. The van der Waals surface area contributed by atoms with Crippen LogP contribution in [0.3, 0.4) is 0 Å². The highest BCUT2D eigenvalue weighted by Gasteiger charge is 2.04. The molecule has 1 heterocycles. The number of nitrogens with zero attached hydrogens (tertiary/aromatic N) is 1. The fourth-order valence-electron chi connectivity index (χ4n) is 1.59.